The molecule has 2 aromatic rings. The summed E-state index contributed by atoms with van der Waals surface area (Å²) in [6.07, 6.45) is 6.66. The molecule has 0 aromatic heterocycles. The van der Waals surface area contributed by atoms with Gasteiger partial charge in [0.15, 0.2) is 5.71 Å². The number of allylic oxidation sites excluding steroid dienone is 5. The van der Waals surface area contributed by atoms with Crippen molar-refractivity contribution in [2.45, 2.75) is 19.0 Å². The van der Waals surface area contributed by atoms with Gasteiger partial charge in [-0.15, -0.1) is 0 Å². The first-order valence-corrected chi connectivity index (χ1v) is 16.5. The number of carboxylic acid groups (broad SMARTS) is 2. The standard InChI is InChI=1S/C30H34N2O4SSi/c1-31(2)20-10-12-24-26(18-20)38(5,17-16-37-15-14-28(33)34)27-19-21(32(3)4)11-13-25(27)29(24)22-8-6-7-9-23(22)30(35)36/h6-13,18-19H,14-17H2,1-5H3,(H-,33,34,35,36). The third kappa shape index (κ3) is 5.28. The minimum Gasteiger partial charge on any atom is -0.545 e. The van der Waals surface area contributed by atoms with Gasteiger partial charge in [0.25, 0.3) is 0 Å². The zero-order valence-electron chi connectivity index (χ0n) is 22.6. The van der Waals surface area contributed by atoms with Crippen LogP contribution in [-0.4, -0.2) is 75.1 Å². The molecule has 38 heavy (non-hydrogen) atoms. The van der Waals surface area contributed by atoms with Crippen LogP contribution in [0, 0.1) is 0 Å². The Balaban J connectivity index is 1.98. The van der Waals surface area contributed by atoms with Gasteiger partial charge >= 0.3 is 5.97 Å². The van der Waals surface area contributed by atoms with Crippen molar-refractivity contribution in [3.05, 3.63) is 88.2 Å². The van der Waals surface area contributed by atoms with Gasteiger partial charge in [-0.2, -0.15) is 11.8 Å². The van der Waals surface area contributed by atoms with Gasteiger partial charge in [0, 0.05) is 43.3 Å². The van der Waals surface area contributed by atoms with Crippen LogP contribution in [0.15, 0.2) is 71.5 Å². The van der Waals surface area contributed by atoms with E-state index in [1.807, 2.05) is 40.3 Å². The summed E-state index contributed by atoms with van der Waals surface area (Å²) in [5.74, 6) is -0.512. The van der Waals surface area contributed by atoms with Gasteiger partial charge in [0.1, 0.15) is 22.2 Å². The zero-order valence-corrected chi connectivity index (χ0v) is 24.4. The van der Waals surface area contributed by atoms with Crippen molar-refractivity contribution < 1.29 is 24.4 Å². The summed E-state index contributed by atoms with van der Waals surface area (Å²) in [6, 6.07) is 14.5. The molecule has 6 nitrogen and oxygen atoms in total. The Morgan fingerprint density at radius 1 is 1.05 bits per heavy atom. The SMILES string of the molecule is CN(C)c1ccc2c(c1)[Si](C)(CCSCCC(=O)O)C1=CC(=[N+](C)C)C=CC1=C2c1ccccc1C(=O)[O-]. The molecule has 0 fully saturated rings. The van der Waals surface area contributed by atoms with Gasteiger partial charge in [-0.3, -0.25) is 4.79 Å². The van der Waals surface area contributed by atoms with Gasteiger partial charge in [-0.1, -0.05) is 36.9 Å². The molecule has 0 amide bonds. The lowest BCUT2D eigenvalue weighted by molar-refractivity contribution is -0.462. The van der Waals surface area contributed by atoms with E-state index in [9.17, 15) is 14.7 Å². The quantitative estimate of drug-likeness (QED) is 0.296. The van der Waals surface area contributed by atoms with E-state index < -0.39 is 20.0 Å². The topological polar surface area (TPSA) is 83.7 Å². The zero-order chi connectivity index (χ0) is 27.6. The molecule has 1 aliphatic carbocycles. The second kappa shape index (κ2) is 11.2. The first kappa shape index (κ1) is 27.7. The number of benzene rings is 2. The van der Waals surface area contributed by atoms with Gasteiger partial charge in [-0.05, 0) is 62.7 Å². The van der Waals surface area contributed by atoms with E-state index in [1.54, 1.807) is 23.9 Å². The fourth-order valence-corrected chi connectivity index (χ4v) is 11.3. The minimum atomic E-state index is -2.33. The highest BCUT2D eigenvalue weighted by Crippen LogP contribution is 2.44. The Hall–Kier alpha value is -3.36. The number of anilines is 1. The summed E-state index contributed by atoms with van der Waals surface area (Å²) in [7, 11) is 5.77. The number of hydrogen-bond acceptors (Lipinski definition) is 5. The van der Waals surface area contributed by atoms with Crippen molar-refractivity contribution in [2.75, 3.05) is 44.6 Å². The maximum atomic E-state index is 12.2. The van der Waals surface area contributed by atoms with Gasteiger partial charge in [0.05, 0.1) is 12.4 Å². The molecule has 0 radical (unpaired) electrons. The van der Waals surface area contributed by atoms with Crippen LogP contribution < -0.4 is 15.2 Å². The summed E-state index contributed by atoms with van der Waals surface area (Å²) < 4.78 is 2.09. The molecule has 1 unspecified atom stereocenters. The van der Waals surface area contributed by atoms with Crippen LogP contribution >= 0.6 is 11.8 Å². The first-order chi connectivity index (χ1) is 18.0. The molecule has 1 aliphatic heterocycles. The molecule has 2 aliphatic rings. The number of hydrogen-bond donors (Lipinski definition) is 1. The van der Waals surface area contributed by atoms with Crippen LogP contribution in [0.3, 0.4) is 0 Å². The second-order valence-electron chi connectivity index (χ2n) is 10.3. The summed E-state index contributed by atoms with van der Waals surface area (Å²) in [4.78, 5) is 25.3. The molecule has 1 N–H and O–H groups in total. The molecule has 0 saturated heterocycles. The Labute approximate surface area is 229 Å². The van der Waals surface area contributed by atoms with E-state index in [1.165, 1.54) is 10.4 Å². The third-order valence-electron chi connectivity index (χ3n) is 7.39. The largest absolute Gasteiger partial charge is 0.545 e. The number of fused-ring (bicyclic) bond motifs is 2. The maximum absolute atomic E-state index is 12.2. The van der Waals surface area contributed by atoms with Crippen molar-refractivity contribution in [2.24, 2.45) is 0 Å². The van der Waals surface area contributed by atoms with Crippen LogP contribution in [0.5, 0.6) is 0 Å². The molecule has 0 spiro atoms. The molecule has 0 saturated carbocycles. The predicted octanol–water partition coefficient (Wildman–Crippen LogP) is 3.17. The number of rotatable bonds is 9. The Bertz CT molecular complexity index is 1420. The summed E-state index contributed by atoms with van der Waals surface area (Å²) >= 11 is 1.69. The van der Waals surface area contributed by atoms with Gasteiger partial charge in [-0.25, -0.2) is 4.58 Å². The smallest absolute Gasteiger partial charge is 0.304 e. The molecule has 1 heterocycles. The van der Waals surface area contributed by atoms with Crippen molar-refractivity contribution in [3.63, 3.8) is 0 Å². The van der Waals surface area contributed by atoms with E-state index in [0.717, 1.165) is 39.9 Å². The fourth-order valence-electron chi connectivity index (χ4n) is 5.24. The van der Waals surface area contributed by atoms with Crippen LogP contribution in [0.25, 0.3) is 5.57 Å². The molecule has 1 atom stereocenters. The highest BCUT2D eigenvalue weighted by atomic mass is 32.2. The van der Waals surface area contributed by atoms with E-state index in [0.29, 0.717) is 11.3 Å². The number of carbonyl (C=O) groups is 2. The minimum absolute atomic E-state index is 0.156. The fraction of sp³-hybridized carbons (Fsp3) is 0.300. The maximum Gasteiger partial charge on any atom is 0.304 e. The lowest BCUT2D eigenvalue weighted by Gasteiger charge is -2.41. The number of thioether (sulfide) groups is 1. The molecular formula is C30H34N2O4SSi. The predicted molar refractivity (Wildman–Crippen MR) is 158 cm³/mol. The lowest BCUT2D eigenvalue weighted by Crippen LogP contribution is -2.52. The highest BCUT2D eigenvalue weighted by molar-refractivity contribution is 7.99. The molecular weight excluding hydrogens is 512 g/mol. The van der Waals surface area contributed by atoms with Crippen molar-refractivity contribution in [3.8, 4) is 0 Å². The number of carboxylic acids is 2. The van der Waals surface area contributed by atoms with E-state index in [4.69, 9.17) is 5.11 Å². The van der Waals surface area contributed by atoms with Gasteiger partial charge in [0.2, 0.25) is 0 Å². The van der Waals surface area contributed by atoms with Crippen molar-refractivity contribution in [1.29, 1.82) is 0 Å². The summed E-state index contributed by atoms with van der Waals surface area (Å²) in [5, 5.41) is 23.8. The number of aromatic carboxylic acids is 1. The van der Waals surface area contributed by atoms with Crippen LogP contribution in [0.2, 0.25) is 12.6 Å². The number of aliphatic carboxylic acids is 1. The first-order valence-electron chi connectivity index (χ1n) is 12.7. The van der Waals surface area contributed by atoms with Crippen LogP contribution in [0.4, 0.5) is 5.69 Å². The van der Waals surface area contributed by atoms with E-state index in [-0.39, 0.29) is 12.0 Å². The molecule has 198 valence electrons. The van der Waals surface area contributed by atoms with Crippen LogP contribution in [0.1, 0.15) is 27.9 Å². The number of carbonyl (C=O) groups excluding carboxylic acids is 1. The summed E-state index contributed by atoms with van der Waals surface area (Å²) in [5.41, 5.74) is 6.10. The van der Waals surface area contributed by atoms with Crippen LogP contribution in [-0.2, 0) is 4.79 Å². The van der Waals surface area contributed by atoms with E-state index in [2.05, 4.69) is 52.4 Å². The normalized spacial score (nSPS) is 18.0. The monoisotopic (exact) mass is 546 g/mol. The Morgan fingerprint density at radius 2 is 1.79 bits per heavy atom. The molecule has 8 heteroatoms. The summed E-state index contributed by atoms with van der Waals surface area (Å²) in [6.45, 7) is 2.39. The second-order valence-corrected chi connectivity index (χ2v) is 15.8. The molecule has 4 rings (SSSR count). The Kier molecular flexibility index (Phi) is 8.13. The number of nitrogens with zero attached hydrogens (tertiary/aromatic N) is 2. The molecule has 0 bridgehead atoms. The molecule has 2 aromatic carbocycles. The average molecular weight is 547 g/mol. The average Bonchev–Trinajstić information content (AvgIpc) is 2.88. The highest BCUT2D eigenvalue weighted by Gasteiger charge is 2.43. The third-order valence-corrected chi connectivity index (χ3v) is 13.2. The lowest BCUT2D eigenvalue weighted by atomic mass is 9.87. The van der Waals surface area contributed by atoms with Crippen molar-refractivity contribution in [1.82, 2.24) is 0 Å². The van der Waals surface area contributed by atoms with Gasteiger partial charge < -0.3 is 19.9 Å². The van der Waals surface area contributed by atoms with Crippen molar-refractivity contribution >= 4 is 53.9 Å². The van der Waals surface area contributed by atoms with E-state index >= 15 is 0 Å². The Morgan fingerprint density at radius 3 is 2.45 bits per heavy atom.